The Morgan fingerprint density at radius 1 is 1.58 bits per heavy atom. The van der Waals surface area contributed by atoms with Crippen LogP contribution in [0.2, 0.25) is 5.02 Å². The molecular formula is C14H20ClN3O. The molecule has 0 amide bonds. The van der Waals surface area contributed by atoms with E-state index >= 15 is 0 Å². The van der Waals surface area contributed by atoms with Crippen LogP contribution in [0.1, 0.15) is 27.7 Å². The molecule has 0 aliphatic heterocycles. The summed E-state index contributed by atoms with van der Waals surface area (Å²) in [5.74, 6) is 2.87. The first-order valence-electron chi connectivity index (χ1n) is 6.22. The molecule has 104 valence electrons. The quantitative estimate of drug-likeness (QED) is 0.844. The fraction of sp³-hybridized carbons (Fsp3) is 0.571. The van der Waals surface area contributed by atoms with E-state index in [-0.39, 0.29) is 17.5 Å². The standard InChI is InChI=1S/C14H20ClN3O/c1-6-7-18-13(19)12(11(15)8-17-18)16-9-14(4,5)10(2)3/h1,8,10,16H,7,9H2,2-5H3. The van der Waals surface area contributed by atoms with E-state index in [1.165, 1.54) is 10.9 Å². The van der Waals surface area contributed by atoms with Gasteiger partial charge < -0.3 is 5.32 Å². The number of nitrogens with zero attached hydrogens (tertiary/aromatic N) is 2. The van der Waals surface area contributed by atoms with Crippen LogP contribution in [0, 0.1) is 23.7 Å². The zero-order valence-electron chi connectivity index (χ0n) is 11.8. The van der Waals surface area contributed by atoms with Gasteiger partial charge in [0, 0.05) is 6.54 Å². The Bertz CT molecular complexity index is 541. The van der Waals surface area contributed by atoms with Crippen molar-refractivity contribution in [3.8, 4) is 12.3 Å². The van der Waals surface area contributed by atoms with Gasteiger partial charge in [-0.3, -0.25) is 4.79 Å². The summed E-state index contributed by atoms with van der Waals surface area (Å²) in [7, 11) is 0. The van der Waals surface area contributed by atoms with E-state index in [4.69, 9.17) is 18.0 Å². The van der Waals surface area contributed by atoms with Gasteiger partial charge in [0.05, 0.1) is 11.2 Å². The second-order valence-corrected chi connectivity index (χ2v) is 5.94. The van der Waals surface area contributed by atoms with E-state index in [9.17, 15) is 4.79 Å². The summed E-state index contributed by atoms with van der Waals surface area (Å²) >= 11 is 6.02. The molecular weight excluding hydrogens is 262 g/mol. The van der Waals surface area contributed by atoms with Crippen LogP contribution in [0.5, 0.6) is 0 Å². The van der Waals surface area contributed by atoms with Gasteiger partial charge in [-0.05, 0) is 11.3 Å². The second kappa shape index (κ2) is 6.12. The third-order valence-corrected chi connectivity index (χ3v) is 3.81. The summed E-state index contributed by atoms with van der Waals surface area (Å²) in [4.78, 5) is 12.1. The first kappa shape index (κ1) is 15.6. The molecule has 1 rings (SSSR count). The highest BCUT2D eigenvalue weighted by Crippen LogP contribution is 2.27. The first-order valence-corrected chi connectivity index (χ1v) is 6.60. The predicted octanol–water partition coefficient (Wildman–Crippen LogP) is 2.62. The zero-order chi connectivity index (χ0) is 14.6. The van der Waals surface area contributed by atoms with Crippen LogP contribution < -0.4 is 10.9 Å². The molecule has 1 aromatic rings. The fourth-order valence-corrected chi connectivity index (χ4v) is 1.54. The molecule has 0 unspecified atom stereocenters. The first-order chi connectivity index (χ1) is 8.79. The zero-order valence-corrected chi connectivity index (χ0v) is 12.6. The van der Waals surface area contributed by atoms with Gasteiger partial charge in [0.25, 0.3) is 5.56 Å². The lowest BCUT2D eigenvalue weighted by Crippen LogP contribution is -2.32. The van der Waals surface area contributed by atoms with Gasteiger partial charge in [-0.25, -0.2) is 4.68 Å². The third-order valence-electron chi connectivity index (χ3n) is 3.52. The Morgan fingerprint density at radius 2 is 2.21 bits per heavy atom. The molecule has 1 heterocycles. The van der Waals surface area contributed by atoms with E-state index in [2.05, 4.69) is 44.0 Å². The minimum absolute atomic E-state index is 0.0516. The van der Waals surface area contributed by atoms with E-state index in [1.54, 1.807) is 0 Å². The molecule has 0 radical (unpaired) electrons. The van der Waals surface area contributed by atoms with Gasteiger partial charge in [-0.2, -0.15) is 5.10 Å². The van der Waals surface area contributed by atoms with Crippen molar-refractivity contribution in [2.75, 3.05) is 11.9 Å². The Morgan fingerprint density at radius 3 is 2.74 bits per heavy atom. The molecule has 1 aromatic heterocycles. The van der Waals surface area contributed by atoms with Gasteiger partial charge >= 0.3 is 0 Å². The van der Waals surface area contributed by atoms with Crippen LogP contribution in [0.15, 0.2) is 11.0 Å². The maximum atomic E-state index is 12.1. The molecule has 0 spiro atoms. The summed E-state index contributed by atoms with van der Waals surface area (Å²) in [5.41, 5.74) is 0.126. The summed E-state index contributed by atoms with van der Waals surface area (Å²) in [6, 6.07) is 0. The van der Waals surface area contributed by atoms with E-state index < -0.39 is 0 Å². The van der Waals surface area contributed by atoms with E-state index in [0.717, 1.165) is 0 Å². The number of aromatic nitrogens is 2. The molecule has 1 N–H and O–H groups in total. The number of hydrogen-bond acceptors (Lipinski definition) is 3. The maximum Gasteiger partial charge on any atom is 0.292 e. The highest BCUT2D eigenvalue weighted by atomic mass is 35.5. The fourth-order valence-electron chi connectivity index (χ4n) is 1.35. The summed E-state index contributed by atoms with van der Waals surface area (Å²) < 4.78 is 1.22. The smallest absolute Gasteiger partial charge is 0.292 e. The number of hydrogen-bond donors (Lipinski definition) is 1. The van der Waals surface area contributed by atoms with Gasteiger partial charge in [0.15, 0.2) is 0 Å². The largest absolute Gasteiger partial charge is 0.379 e. The van der Waals surface area contributed by atoms with Gasteiger partial charge in [0.1, 0.15) is 12.2 Å². The van der Waals surface area contributed by atoms with Crippen molar-refractivity contribution in [1.29, 1.82) is 0 Å². The summed E-state index contributed by atoms with van der Waals surface area (Å²) in [5, 5.41) is 7.34. The normalized spacial score (nSPS) is 11.4. The minimum atomic E-state index is -0.287. The number of anilines is 1. The number of halogens is 1. The SMILES string of the molecule is C#CCn1ncc(Cl)c(NCC(C)(C)C(C)C)c1=O. The maximum absolute atomic E-state index is 12.1. The topological polar surface area (TPSA) is 46.9 Å². The minimum Gasteiger partial charge on any atom is -0.379 e. The van der Waals surface area contributed by atoms with Crippen molar-refractivity contribution in [3.05, 3.63) is 21.6 Å². The Labute approximate surface area is 119 Å². The Balaban J connectivity index is 2.99. The molecule has 5 heteroatoms. The van der Waals surface area contributed by atoms with Gasteiger partial charge in [0.2, 0.25) is 0 Å². The Hall–Kier alpha value is -1.47. The molecule has 0 aromatic carbocycles. The molecule has 0 aliphatic rings. The van der Waals surface area contributed by atoms with Crippen molar-refractivity contribution in [2.24, 2.45) is 11.3 Å². The molecule has 0 aliphatic carbocycles. The van der Waals surface area contributed by atoms with Crippen molar-refractivity contribution < 1.29 is 0 Å². The van der Waals surface area contributed by atoms with Crippen molar-refractivity contribution >= 4 is 17.3 Å². The summed E-state index contributed by atoms with van der Waals surface area (Å²) in [6.07, 6.45) is 6.63. The van der Waals surface area contributed by atoms with Crippen LogP contribution in [0.25, 0.3) is 0 Å². The van der Waals surface area contributed by atoms with Crippen molar-refractivity contribution in [2.45, 2.75) is 34.2 Å². The van der Waals surface area contributed by atoms with E-state index in [1.807, 2.05) is 0 Å². The molecule has 0 bridgehead atoms. The van der Waals surface area contributed by atoms with Crippen molar-refractivity contribution in [3.63, 3.8) is 0 Å². The van der Waals surface area contributed by atoms with Crippen molar-refractivity contribution in [1.82, 2.24) is 9.78 Å². The van der Waals surface area contributed by atoms with E-state index in [0.29, 0.717) is 23.2 Å². The lowest BCUT2D eigenvalue weighted by molar-refractivity contribution is 0.269. The van der Waals surface area contributed by atoms with Gasteiger partial charge in [-0.15, -0.1) is 6.42 Å². The van der Waals surface area contributed by atoms with Crippen LogP contribution in [-0.4, -0.2) is 16.3 Å². The average molecular weight is 282 g/mol. The van der Waals surface area contributed by atoms with Crippen LogP contribution in [0.4, 0.5) is 5.69 Å². The molecule has 19 heavy (non-hydrogen) atoms. The number of nitrogens with one attached hydrogen (secondary N) is 1. The molecule has 0 saturated carbocycles. The lowest BCUT2D eigenvalue weighted by Gasteiger charge is -2.29. The van der Waals surface area contributed by atoms with Crippen LogP contribution >= 0.6 is 11.6 Å². The third kappa shape index (κ3) is 3.74. The van der Waals surface area contributed by atoms with Gasteiger partial charge in [-0.1, -0.05) is 45.2 Å². The predicted molar refractivity (Wildman–Crippen MR) is 79.4 cm³/mol. The highest BCUT2D eigenvalue weighted by Gasteiger charge is 2.23. The monoisotopic (exact) mass is 281 g/mol. The van der Waals surface area contributed by atoms with Crippen LogP contribution in [-0.2, 0) is 6.54 Å². The Kier molecular flexibility index (Phi) is 5.02. The lowest BCUT2D eigenvalue weighted by atomic mass is 9.81. The molecule has 4 nitrogen and oxygen atoms in total. The molecule has 0 atom stereocenters. The van der Waals surface area contributed by atoms with Crippen LogP contribution in [0.3, 0.4) is 0 Å². The highest BCUT2D eigenvalue weighted by molar-refractivity contribution is 6.32. The molecule has 0 saturated heterocycles. The number of rotatable bonds is 5. The average Bonchev–Trinajstić information content (AvgIpc) is 2.32. The molecule has 0 fully saturated rings. The number of terminal acetylenes is 1. The summed E-state index contributed by atoms with van der Waals surface area (Å²) in [6.45, 7) is 9.36. The second-order valence-electron chi connectivity index (χ2n) is 5.53.